The predicted molar refractivity (Wildman–Crippen MR) is 117 cm³/mol. The molecule has 31 heavy (non-hydrogen) atoms. The molecule has 0 bridgehead atoms. The van der Waals surface area contributed by atoms with Gasteiger partial charge in [0.25, 0.3) is 0 Å². The van der Waals surface area contributed by atoms with Crippen LogP contribution >= 0.6 is 0 Å². The van der Waals surface area contributed by atoms with Crippen molar-refractivity contribution in [2.45, 2.75) is 50.9 Å². The molecule has 1 fully saturated rings. The van der Waals surface area contributed by atoms with Crippen LogP contribution in [0.5, 0.6) is 23.0 Å². The smallest absolute Gasteiger partial charge is 0.170 e. The number of phenols is 3. The number of ketones is 1. The topological polar surface area (TPSA) is 99.5 Å². The van der Waals surface area contributed by atoms with Crippen molar-refractivity contribution in [3.63, 3.8) is 0 Å². The number of Topliss-reactive ketones (excluding diaryl/α,β-unsaturated/α-hetero) is 1. The lowest BCUT2D eigenvalue weighted by Crippen LogP contribution is -2.30. The summed E-state index contributed by atoms with van der Waals surface area (Å²) < 4.78 is 11.7. The van der Waals surface area contributed by atoms with E-state index < -0.39 is 5.60 Å². The zero-order valence-electron chi connectivity index (χ0n) is 17.8. The van der Waals surface area contributed by atoms with Gasteiger partial charge in [-0.15, -0.1) is 0 Å². The van der Waals surface area contributed by atoms with Crippen LogP contribution in [0.3, 0.4) is 0 Å². The standard InChI is InChI=1S/C25H26O6/c1-24(2)22(30-24)11-13-25(3)12-10-17-15(5-9-20(28)23(17)31-25)4-8-19(27)18-7-6-16(26)14-21(18)29/h5-7,9-14,22,26,28-29H,4,8H2,1-3H3/b13-11+. The van der Waals surface area contributed by atoms with Crippen molar-refractivity contribution in [1.82, 2.24) is 0 Å². The Kier molecular flexibility index (Phi) is 5.06. The van der Waals surface area contributed by atoms with Crippen LogP contribution in [-0.2, 0) is 11.2 Å². The summed E-state index contributed by atoms with van der Waals surface area (Å²) in [6.45, 7) is 5.95. The molecule has 6 heteroatoms. The summed E-state index contributed by atoms with van der Waals surface area (Å²) in [5.74, 6) is -0.166. The zero-order valence-corrected chi connectivity index (χ0v) is 17.8. The first-order chi connectivity index (χ1) is 14.6. The Morgan fingerprint density at radius 1 is 1.10 bits per heavy atom. The molecule has 2 aromatic rings. The van der Waals surface area contributed by atoms with Crippen LogP contribution in [0.15, 0.2) is 48.6 Å². The molecule has 0 aliphatic carbocycles. The first kappa shape index (κ1) is 21.0. The van der Waals surface area contributed by atoms with Crippen LogP contribution in [0, 0.1) is 0 Å². The number of carbonyl (C=O) groups excluding carboxylic acids is 1. The number of rotatable bonds is 6. The Morgan fingerprint density at radius 2 is 1.84 bits per heavy atom. The molecular formula is C25H26O6. The second kappa shape index (κ2) is 7.46. The van der Waals surface area contributed by atoms with E-state index in [2.05, 4.69) is 0 Å². The van der Waals surface area contributed by atoms with Gasteiger partial charge in [-0.3, -0.25) is 4.79 Å². The highest BCUT2D eigenvalue weighted by Gasteiger charge is 2.46. The summed E-state index contributed by atoms with van der Waals surface area (Å²) >= 11 is 0. The first-order valence-electron chi connectivity index (χ1n) is 10.2. The highest BCUT2D eigenvalue weighted by Crippen LogP contribution is 2.42. The van der Waals surface area contributed by atoms with E-state index in [1.807, 2.05) is 45.1 Å². The van der Waals surface area contributed by atoms with Crippen LogP contribution < -0.4 is 4.74 Å². The van der Waals surface area contributed by atoms with E-state index in [1.54, 1.807) is 12.1 Å². The summed E-state index contributed by atoms with van der Waals surface area (Å²) in [4.78, 5) is 12.5. The maximum Gasteiger partial charge on any atom is 0.170 e. The third kappa shape index (κ3) is 4.30. The van der Waals surface area contributed by atoms with Gasteiger partial charge in [0.1, 0.15) is 23.2 Å². The molecule has 0 radical (unpaired) electrons. The van der Waals surface area contributed by atoms with Crippen molar-refractivity contribution in [1.29, 1.82) is 0 Å². The number of aryl methyl sites for hydroxylation is 1. The number of epoxide rings is 1. The molecule has 4 rings (SSSR count). The molecule has 0 saturated carbocycles. The molecule has 0 spiro atoms. The van der Waals surface area contributed by atoms with Crippen LogP contribution in [0.4, 0.5) is 0 Å². The van der Waals surface area contributed by atoms with Crippen molar-refractivity contribution in [2.75, 3.05) is 0 Å². The maximum absolute atomic E-state index is 12.5. The number of fused-ring (bicyclic) bond motifs is 1. The predicted octanol–water partition coefficient (Wildman–Crippen LogP) is 4.52. The third-order valence-corrected chi connectivity index (χ3v) is 5.73. The molecule has 2 atom stereocenters. The molecule has 2 aromatic carbocycles. The Bertz CT molecular complexity index is 1100. The van der Waals surface area contributed by atoms with Gasteiger partial charge < -0.3 is 24.8 Å². The molecule has 1 saturated heterocycles. The maximum atomic E-state index is 12.5. The number of benzene rings is 2. The zero-order chi connectivity index (χ0) is 22.4. The van der Waals surface area contributed by atoms with Crippen molar-refractivity contribution in [2.24, 2.45) is 0 Å². The van der Waals surface area contributed by atoms with Crippen LogP contribution in [0.1, 0.15) is 48.7 Å². The Hall–Kier alpha value is -3.25. The fraction of sp³-hybridized carbons (Fsp3) is 0.320. The number of aromatic hydroxyl groups is 3. The van der Waals surface area contributed by atoms with Gasteiger partial charge in [0, 0.05) is 18.1 Å². The van der Waals surface area contributed by atoms with E-state index in [4.69, 9.17) is 9.47 Å². The van der Waals surface area contributed by atoms with E-state index in [0.717, 1.165) is 17.2 Å². The van der Waals surface area contributed by atoms with E-state index in [9.17, 15) is 20.1 Å². The molecule has 162 valence electrons. The number of carbonyl (C=O) groups is 1. The average molecular weight is 422 g/mol. The molecule has 0 aromatic heterocycles. The second-order valence-electron chi connectivity index (χ2n) is 8.73. The fourth-order valence-corrected chi connectivity index (χ4v) is 3.71. The lowest BCUT2D eigenvalue weighted by molar-refractivity contribution is 0.0980. The lowest BCUT2D eigenvalue weighted by atomic mass is 9.93. The molecule has 2 unspecified atom stereocenters. The molecule has 2 aliphatic heterocycles. The van der Waals surface area contributed by atoms with Gasteiger partial charge in [-0.05, 0) is 63.1 Å². The average Bonchev–Trinajstić information content (AvgIpc) is 3.33. The fourth-order valence-electron chi connectivity index (χ4n) is 3.71. The monoisotopic (exact) mass is 422 g/mol. The first-order valence-corrected chi connectivity index (χ1v) is 10.2. The van der Waals surface area contributed by atoms with E-state index in [1.165, 1.54) is 12.1 Å². The van der Waals surface area contributed by atoms with Gasteiger partial charge in [-0.25, -0.2) is 0 Å². The largest absolute Gasteiger partial charge is 0.508 e. The number of phenolic OH excluding ortho intramolecular Hbond substituents is 3. The van der Waals surface area contributed by atoms with Gasteiger partial charge >= 0.3 is 0 Å². The van der Waals surface area contributed by atoms with Crippen molar-refractivity contribution < 1.29 is 29.6 Å². The summed E-state index contributed by atoms with van der Waals surface area (Å²) in [5, 5.41) is 29.7. The van der Waals surface area contributed by atoms with Gasteiger partial charge in [0.2, 0.25) is 0 Å². The summed E-state index contributed by atoms with van der Waals surface area (Å²) in [6, 6.07) is 7.26. The Labute approximate surface area is 181 Å². The Morgan fingerprint density at radius 3 is 2.52 bits per heavy atom. The van der Waals surface area contributed by atoms with Crippen LogP contribution in [-0.4, -0.2) is 38.4 Å². The molecule has 6 nitrogen and oxygen atoms in total. The summed E-state index contributed by atoms with van der Waals surface area (Å²) in [6.07, 6.45) is 8.33. The summed E-state index contributed by atoms with van der Waals surface area (Å²) in [5.41, 5.74) is 0.875. The summed E-state index contributed by atoms with van der Waals surface area (Å²) in [7, 11) is 0. The number of hydrogen-bond acceptors (Lipinski definition) is 6. The SMILES string of the molecule is CC1(/C=C/C2OC2(C)C)C=Cc2c(CCC(=O)c3ccc(O)cc3O)ccc(O)c2O1. The Balaban J connectivity index is 1.51. The lowest BCUT2D eigenvalue weighted by Gasteiger charge is -2.30. The molecule has 2 aliphatic rings. The van der Waals surface area contributed by atoms with Gasteiger partial charge in [-0.1, -0.05) is 18.2 Å². The second-order valence-corrected chi connectivity index (χ2v) is 8.73. The van der Waals surface area contributed by atoms with Crippen LogP contribution in [0.25, 0.3) is 6.08 Å². The van der Waals surface area contributed by atoms with Crippen molar-refractivity contribution in [3.05, 3.63) is 65.3 Å². The number of ether oxygens (including phenoxy) is 2. The minimum atomic E-state index is -0.723. The quantitative estimate of drug-likeness (QED) is 0.360. The normalized spacial score (nSPS) is 23.4. The minimum absolute atomic E-state index is 0.0354. The van der Waals surface area contributed by atoms with Gasteiger partial charge in [-0.2, -0.15) is 0 Å². The van der Waals surface area contributed by atoms with Crippen molar-refractivity contribution in [3.8, 4) is 23.0 Å². The third-order valence-electron chi connectivity index (χ3n) is 5.73. The highest BCUT2D eigenvalue weighted by molar-refractivity contribution is 5.98. The minimum Gasteiger partial charge on any atom is -0.508 e. The van der Waals surface area contributed by atoms with E-state index in [0.29, 0.717) is 12.2 Å². The van der Waals surface area contributed by atoms with Gasteiger partial charge in [0.05, 0.1) is 11.2 Å². The van der Waals surface area contributed by atoms with Crippen molar-refractivity contribution >= 4 is 11.9 Å². The highest BCUT2D eigenvalue weighted by atomic mass is 16.6. The molecule has 2 heterocycles. The van der Waals surface area contributed by atoms with E-state index in [-0.39, 0.29) is 46.7 Å². The molecule has 3 N–H and O–H groups in total. The van der Waals surface area contributed by atoms with Crippen LogP contribution in [0.2, 0.25) is 0 Å². The van der Waals surface area contributed by atoms with E-state index >= 15 is 0 Å². The molecule has 0 amide bonds. The van der Waals surface area contributed by atoms with Gasteiger partial charge in [0.15, 0.2) is 17.3 Å². The molecular weight excluding hydrogens is 396 g/mol. The number of hydrogen-bond donors (Lipinski definition) is 3.